The molecule has 3 N–H and O–H groups in total. The van der Waals surface area contributed by atoms with E-state index in [1.165, 1.54) is 6.33 Å². The van der Waals surface area contributed by atoms with E-state index in [1.807, 2.05) is 30.1 Å². The van der Waals surface area contributed by atoms with Gasteiger partial charge in [-0.25, -0.2) is 15.8 Å². The number of pyridine rings is 1. The monoisotopic (exact) mass is 308 g/mol. The lowest BCUT2D eigenvalue weighted by Gasteiger charge is -2.19. The minimum Gasteiger partial charge on any atom is -0.353 e. The summed E-state index contributed by atoms with van der Waals surface area (Å²) in [6.45, 7) is 0.653. The fraction of sp³-hybridized carbons (Fsp3) is 0.182. The van der Waals surface area contributed by atoms with Gasteiger partial charge in [-0.1, -0.05) is 6.07 Å². The van der Waals surface area contributed by atoms with Crippen LogP contribution in [0, 0.1) is 0 Å². The number of hydrazine groups is 1. The summed E-state index contributed by atoms with van der Waals surface area (Å²) in [7, 11) is 1.93. The number of nitrogens with two attached hydrogens (primary N) is 1. The van der Waals surface area contributed by atoms with Crippen LogP contribution in [0.5, 0.6) is 0 Å². The highest BCUT2D eigenvalue weighted by Crippen LogP contribution is 2.28. The zero-order chi connectivity index (χ0) is 13.0. The van der Waals surface area contributed by atoms with Crippen LogP contribution in [-0.2, 0) is 6.54 Å². The van der Waals surface area contributed by atoms with Crippen molar-refractivity contribution in [1.82, 2.24) is 15.0 Å². The Balaban J connectivity index is 2.21. The first-order valence-electron chi connectivity index (χ1n) is 5.30. The van der Waals surface area contributed by atoms with Gasteiger partial charge >= 0.3 is 0 Å². The number of anilines is 2. The lowest BCUT2D eigenvalue weighted by Crippen LogP contribution is -2.20. The molecule has 2 heterocycles. The molecule has 0 saturated heterocycles. The standard InChI is InChI=1S/C11H13BrN6/c1-18(6-8-4-2-3-5-14-8)11-9(12)10(17-13)15-7-16-11/h2-5,7H,6,13H2,1H3,(H,15,16,17). The molecule has 0 fully saturated rings. The minimum absolute atomic E-state index is 0.549. The summed E-state index contributed by atoms with van der Waals surface area (Å²) in [6, 6.07) is 5.81. The van der Waals surface area contributed by atoms with Gasteiger partial charge in [0, 0.05) is 13.2 Å². The van der Waals surface area contributed by atoms with Gasteiger partial charge in [0.05, 0.1) is 12.2 Å². The summed E-state index contributed by atoms with van der Waals surface area (Å²) in [5, 5.41) is 0. The molecule has 2 rings (SSSR count). The first kappa shape index (κ1) is 12.7. The molecule has 0 radical (unpaired) electrons. The Hall–Kier alpha value is -1.73. The number of rotatable bonds is 4. The van der Waals surface area contributed by atoms with Crippen molar-refractivity contribution in [2.24, 2.45) is 5.84 Å². The van der Waals surface area contributed by atoms with Crippen molar-refractivity contribution in [1.29, 1.82) is 0 Å². The van der Waals surface area contributed by atoms with Gasteiger partial charge in [0.1, 0.15) is 16.6 Å². The highest BCUT2D eigenvalue weighted by molar-refractivity contribution is 9.10. The van der Waals surface area contributed by atoms with Gasteiger partial charge in [-0.2, -0.15) is 0 Å². The molecule has 0 aliphatic rings. The summed E-state index contributed by atoms with van der Waals surface area (Å²) in [6.07, 6.45) is 3.23. The van der Waals surface area contributed by atoms with Gasteiger partial charge in [0.25, 0.3) is 0 Å². The molecule has 0 amide bonds. The zero-order valence-electron chi connectivity index (χ0n) is 9.84. The summed E-state index contributed by atoms with van der Waals surface area (Å²) >= 11 is 3.43. The Morgan fingerprint density at radius 3 is 2.83 bits per heavy atom. The molecule has 0 saturated carbocycles. The van der Waals surface area contributed by atoms with Crippen molar-refractivity contribution in [3.63, 3.8) is 0 Å². The number of halogens is 1. The molecule has 2 aromatic rings. The zero-order valence-corrected chi connectivity index (χ0v) is 11.4. The highest BCUT2D eigenvalue weighted by atomic mass is 79.9. The Morgan fingerprint density at radius 2 is 2.17 bits per heavy atom. The molecule has 2 aromatic heterocycles. The van der Waals surface area contributed by atoms with Crippen molar-refractivity contribution in [3.8, 4) is 0 Å². The molecule has 0 atom stereocenters. The van der Waals surface area contributed by atoms with E-state index in [1.54, 1.807) is 6.20 Å². The fourth-order valence-corrected chi connectivity index (χ4v) is 2.16. The van der Waals surface area contributed by atoms with Crippen molar-refractivity contribution in [3.05, 3.63) is 40.9 Å². The average molecular weight is 309 g/mol. The van der Waals surface area contributed by atoms with E-state index in [4.69, 9.17) is 5.84 Å². The summed E-state index contributed by atoms with van der Waals surface area (Å²) in [4.78, 5) is 14.5. The van der Waals surface area contributed by atoms with Gasteiger partial charge < -0.3 is 10.3 Å². The van der Waals surface area contributed by atoms with Crippen LogP contribution < -0.4 is 16.2 Å². The van der Waals surface area contributed by atoms with Crippen molar-refractivity contribution >= 4 is 27.6 Å². The molecule has 6 nitrogen and oxygen atoms in total. The van der Waals surface area contributed by atoms with Gasteiger partial charge in [-0.3, -0.25) is 4.98 Å². The van der Waals surface area contributed by atoms with Gasteiger partial charge in [-0.15, -0.1) is 0 Å². The maximum absolute atomic E-state index is 5.37. The number of hydrogen-bond donors (Lipinski definition) is 2. The van der Waals surface area contributed by atoms with Crippen LogP contribution in [0.3, 0.4) is 0 Å². The van der Waals surface area contributed by atoms with Gasteiger partial charge in [0.15, 0.2) is 5.82 Å². The van der Waals surface area contributed by atoms with Gasteiger partial charge in [-0.05, 0) is 28.1 Å². The molecule has 94 valence electrons. The van der Waals surface area contributed by atoms with E-state index in [0.717, 1.165) is 16.0 Å². The van der Waals surface area contributed by atoms with E-state index < -0.39 is 0 Å². The smallest absolute Gasteiger partial charge is 0.159 e. The normalized spacial score (nSPS) is 10.2. The quantitative estimate of drug-likeness (QED) is 0.659. The second-order valence-electron chi connectivity index (χ2n) is 3.68. The lowest BCUT2D eigenvalue weighted by molar-refractivity contribution is 0.857. The number of hydrogen-bond acceptors (Lipinski definition) is 6. The Labute approximate surface area is 113 Å². The van der Waals surface area contributed by atoms with E-state index in [-0.39, 0.29) is 0 Å². The van der Waals surface area contributed by atoms with E-state index >= 15 is 0 Å². The highest BCUT2D eigenvalue weighted by Gasteiger charge is 2.12. The van der Waals surface area contributed by atoms with Crippen LogP contribution in [0.15, 0.2) is 35.2 Å². The number of aromatic nitrogens is 3. The molecule has 0 bridgehead atoms. The second-order valence-corrected chi connectivity index (χ2v) is 4.47. The first-order chi connectivity index (χ1) is 8.72. The lowest BCUT2D eigenvalue weighted by atomic mass is 10.3. The fourth-order valence-electron chi connectivity index (χ4n) is 1.54. The van der Waals surface area contributed by atoms with E-state index in [2.05, 4.69) is 36.3 Å². The number of nitrogens with zero attached hydrogens (tertiary/aromatic N) is 4. The topological polar surface area (TPSA) is 80.0 Å². The van der Waals surface area contributed by atoms with Crippen LogP contribution in [0.25, 0.3) is 0 Å². The maximum Gasteiger partial charge on any atom is 0.159 e. The summed E-state index contributed by atoms with van der Waals surface area (Å²) in [5.74, 6) is 6.67. The summed E-state index contributed by atoms with van der Waals surface area (Å²) < 4.78 is 0.728. The van der Waals surface area contributed by atoms with Crippen molar-refractivity contribution in [2.45, 2.75) is 6.54 Å². The second kappa shape index (κ2) is 5.74. The maximum atomic E-state index is 5.37. The Bertz CT molecular complexity index is 518. The van der Waals surface area contributed by atoms with Crippen LogP contribution in [0.2, 0.25) is 0 Å². The number of nitrogen functional groups attached to an aromatic ring is 1. The molecule has 18 heavy (non-hydrogen) atoms. The number of nitrogens with one attached hydrogen (secondary N) is 1. The minimum atomic E-state index is 0.549. The van der Waals surface area contributed by atoms with Crippen LogP contribution in [-0.4, -0.2) is 22.0 Å². The largest absolute Gasteiger partial charge is 0.353 e. The van der Waals surface area contributed by atoms with Crippen molar-refractivity contribution < 1.29 is 0 Å². The third-order valence-corrected chi connectivity index (χ3v) is 3.12. The van der Waals surface area contributed by atoms with Crippen LogP contribution in [0.4, 0.5) is 11.6 Å². The predicted molar refractivity (Wildman–Crippen MR) is 73.9 cm³/mol. The molecule has 7 heteroatoms. The Kier molecular flexibility index (Phi) is 4.06. The molecule has 0 unspecified atom stereocenters. The predicted octanol–water partition coefficient (Wildman–Crippen LogP) is 1.56. The third-order valence-electron chi connectivity index (χ3n) is 2.39. The Morgan fingerprint density at radius 1 is 1.33 bits per heavy atom. The average Bonchev–Trinajstić information content (AvgIpc) is 2.40. The molecule has 0 aliphatic carbocycles. The van der Waals surface area contributed by atoms with Crippen LogP contribution >= 0.6 is 15.9 Å². The third kappa shape index (κ3) is 2.74. The SMILES string of the molecule is CN(Cc1ccccn1)c1ncnc(NN)c1Br. The summed E-state index contributed by atoms with van der Waals surface area (Å²) in [5.41, 5.74) is 3.48. The molecular weight excluding hydrogens is 296 g/mol. The molecule has 0 aromatic carbocycles. The first-order valence-corrected chi connectivity index (χ1v) is 6.10. The van der Waals surface area contributed by atoms with E-state index in [0.29, 0.717) is 12.4 Å². The molecular formula is C11H13BrN6. The van der Waals surface area contributed by atoms with E-state index in [9.17, 15) is 0 Å². The molecule has 0 spiro atoms. The van der Waals surface area contributed by atoms with Crippen molar-refractivity contribution in [2.75, 3.05) is 17.4 Å². The molecule has 0 aliphatic heterocycles. The van der Waals surface area contributed by atoms with Gasteiger partial charge in [0.2, 0.25) is 0 Å². The van der Waals surface area contributed by atoms with Crippen LogP contribution in [0.1, 0.15) is 5.69 Å².